The molecule has 1 fully saturated rings. The van der Waals surface area contributed by atoms with Gasteiger partial charge in [-0.25, -0.2) is 14.8 Å². The first-order chi connectivity index (χ1) is 12.4. The number of carbonyl (C=O) groups is 1. The highest BCUT2D eigenvalue weighted by atomic mass is 16.6. The highest BCUT2D eigenvalue weighted by Crippen LogP contribution is 2.29. The van der Waals surface area contributed by atoms with Crippen LogP contribution in [0, 0.1) is 0 Å². The number of aromatic nitrogens is 2. The summed E-state index contributed by atoms with van der Waals surface area (Å²) in [5, 5.41) is 2.96. The molecule has 1 aliphatic heterocycles. The standard InChI is InChI=1S/C19H26N4O3/c1-19(2,3)26-18(24)20-13-8-7-11-23(12-13)16-17(25-4)22-15-10-6-5-9-14(15)21-16/h5-6,9-10,13H,7-8,11-12H2,1-4H3,(H,20,24). The summed E-state index contributed by atoms with van der Waals surface area (Å²) in [6.45, 7) is 7.05. The van der Waals surface area contributed by atoms with E-state index in [0.29, 0.717) is 18.2 Å². The Hall–Kier alpha value is -2.57. The van der Waals surface area contributed by atoms with Crippen molar-refractivity contribution in [1.82, 2.24) is 15.3 Å². The van der Waals surface area contributed by atoms with Crippen LogP contribution >= 0.6 is 0 Å². The molecule has 140 valence electrons. The van der Waals surface area contributed by atoms with Gasteiger partial charge in [0.2, 0.25) is 0 Å². The Morgan fingerprint density at radius 2 is 1.92 bits per heavy atom. The second-order valence-electron chi connectivity index (χ2n) is 7.48. The average Bonchev–Trinajstić information content (AvgIpc) is 2.59. The minimum atomic E-state index is -0.508. The molecule has 1 saturated heterocycles. The molecule has 1 aromatic heterocycles. The number of nitrogens with one attached hydrogen (secondary N) is 1. The predicted molar refractivity (Wildman–Crippen MR) is 101 cm³/mol. The number of hydrogen-bond donors (Lipinski definition) is 1. The van der Waals surface area contributed by atoms with Crippen LogP contribution in [0.3, 0.4) is 0 Å². The van der Waals surface area contributed by atoms with Gasteiger partial charge < -0.3 is 19.7 Å². The molecule has 0 radical (unpaired) electrons. The highest BCUT2D eigenvalue weighted by Gasteiger charge is 2.27. The van der Waals surface area contributed by atoms with Crippen molar-refractivity contribution >= 4 is 22.9 Å². The van der Waals surface area contributed by atoms with E-state index in [4.69, 9.17) is 14.5 Å². The predicted octanol–water partition coefficient (Wildman–Crippen LogP) is 3.13. The van der Waals surface area contributed by atoms with E-state index in [-0.39, 0.29) is 12.1 Å². The number of alkyl carbamates (subject to hydrolysis) is 1. The lowest BCUT2D eigenvalue weighted by Gasteiger charge is -2.34. The molecule has 1 unspecified atom stereocenters. The van der Waals surface area contributed by atoms with E-state index in [0.717, 1.165) is 30.4 Å². The first-order valence-corrected chi connectivity index (χ1v) is 8.91. The van der Waals surface area contributed by atoms with Gasteiger partial charge in [0.15, 0.2) is 5.82 Å². The number of piperidine rings is 1. The fourth-order valence-electron chi connectivity index (χ4n) is 3.08. The van der Waals surface area contributed by atoms with Crippen molar-refractivity contribution in [2.75, 3.05) is 25.1 Å². The summed E-state index contributed by atoms with van der Waals surface area (Å²) in [4.78, 5) is 23.5. The maximum atomic E-state index is 12.1. The van der Waals surface area contributed by atoms with E-state index in [1.807, 2.05) is 45.0 Å². The summed E-state index contributed by atoms with van der Waals surface area (Å²) in [6, 6.07) is 7.72. The Labute approximate surface area is 153 Å². The molecule has 0 bridgehead atoms. The monoisotopic (exact) mass is 358 g/mol. The van der Waals surface area contributed by atoms with Gasteiger partial charge in [-0.05, 0) is 45.7 Å². The summed E-state index contributed by atoms with van der Waals surface area (Å²) in [6.07, 6.45) is 1.46. The molecule has 0 saturated carbocycles. The molecule has 1 aromatic carbocycles. The first-order valence-electron chi connectivity index (χ1n) is 8.91. The van der Waals surface area contributed by atoms with Crippen molar-refractivity contribution in [3.63, 3.8) is 0 Å². The molecule has 1 amide bonds. The molecule has 26 heavy (non-hydrogen) atoms. The molecular formula is C19H26N4O3. The number of benzene rings is 1. The molecule has 1 atom stereocenters. The van der Waals surface area contributed by atoms with Crippen LogP contribution in [-0.4, -0.2) is 47.9 Å². The van der Waals surface area contributed by atoms with Gasteiger partial charge >= 0.3 is 6.09 Å². The smallest absolute Gasteiger partial charge is 0.407 e. The van der Waals surface area contributed by atoms with Crippen molar-refractivity contribution in [2.24, 2.45) is 0 Å². The SMILES string of the molecule is COc1nc2ccccc2nc1N1CCCC(NC(=O)OC(C)(C)C)C1. The van der Waals surface area contributed by atoms with E-state index in [2.05, 4.69) is 15.2 Å². The van der Waals surface area contributed by atoms with E-state index >= 15 is 0 Å². The Morgan fingerprint density at radius 1 is 1.23 bits per heavy atom. The first kappa shape index (κ1) is 18.2. The van der Waals surface area contributed by atoms with Crippen LogP contribution in [0.15, 0.2) is 24.3 Å². The van der Waals surface area contributed by atoms with Crippen LogP contribution in [0.4, 0.5) is 10.6 Å². The molecule has 7 nitrogen and oxygen atoms in total. The van der Waals surface area contributed by atoms with Crippen molar-refractivity contribution < 1.29 is 14.3 Å². The number of rotatable bonds is 3. The lowest BCUT2D eigenvalue weighted by Crippen LogP contribution is -2.49. The van der Waals surface area contributed by atoms with Crippen LogP contribution in [0.1, 0.15) is 33.6 Å². The van der Waals surface area contributed by atoms with Crippen molar-refractivity contribution in [1.29, 1.82) is 0 Å². The highest BCUT2D eigenvalue weighted by molar-refractivity contribution is 5.77. The van der Waals surface area contributed by atoms with Crippen LogP contribution in [-0.2, 0) is 4.74 Å². The molecule has 1 N–H and O–H groups in total. The number of methoxy groups -OCH3 is 1. The van der Waals surface area contributed by atoms with Gasteiger partial charge in [0.1, 0.15) is 5.60 Å². The molecule has 1 aliphatic rings. The number of carbonyl (C=O) groups excluding carboxylic acids is 1. The van der Waals surface area contributed by atoms with Gasteiger partial charge in [0.25, 0.3) is 5.88 Å². The Morgan fingerprint density at radius 3 is 2.58 bits per heavy atom. The number of nitrogens with zero attached hydrogens (tertiary/aromatic N) is 3. The maximum Gasteiger partial charge on any atom is 0.407 e. The molecule has 0 aliphatic carbocycles. The number of hydrogen-bond acceptors (Lipinski definition) is 6. The summed E-state index contributed by atoms with van der Waals surface area (Å²) < 4.78 is 10.8. The molecule has 2 aromatic rings. The molecule has 7 heteroatoms. The zero-order chi connectivity index (χ0) is 18.7. The maximum absolute atomic E-state index is 12.1. The van der Waals surface area contributed by atoms with Gasteiger partial charge in [-0.15, -0.1) is 0 Å². The zero-order valence-electron chi connectivity index (χ0n) is 15.8. The topological polar surface area (TPSA) is 76.6 Å². The number of ether oxygens (including phenoxy) is 2. The Bertz CT molecular complexity index is 788. The van der Waals surface area contributed by atoms with Crippen LogP contribution < -0.4 is 15.0 Å². The molecule has 0 spiro atoms. The quantitative estimate of drug-likeness (QED) is 0.908. The fourth-order valence-corrected chi connectivity index (χ4v) is 3.08. The van der Waals surface area contributed by atoms with Gasteiger partial charge in [-0.2, -0.15) is 0 Å². The third kappa shape index (κ3) is 4.33. The van der Waals surface area contributed by atoms with Crippen LogP contribution in [0.25, 0.3) is 11.0 Å². The largest absolute Gasteiger partial charge is 0.478 e. The number of fused-ring (bicyclic) bond motifs is 1. The molecule has 2 heterocycles. The van der Waals surface area contributed by atoms with Crippen molar-refractivity contribution in [3.8, 4) is 5.88 Å². The zero-order valence-corrected chi connectivity index (χ0v) is 15.8. The lowest BCUT2D eigenvalue weighted by atomic mass is 10.1. The van der Waals surface area contributed by atoms with E-state index in [1.165, 1.54) is 0 Å². The summed E-state index contributed by atoms with van der Waals surface area (Å²) >= 11 is 0. The Balaban J connectivity index is 1.77. The molecular weight excluding hydrogens is 332 g/mol. The summed E-state index contributed by atoms with van der Waals surface area (Å²) in [5.74, 6) is 1.21. The second-order valence-corrected chi connectivity index (χ2v) is 7.48. The molecule has 3 rings (SSSR count). The fraction of sp³-hybridized carbons (Fsp3) is 0.526. The van der Waals surface area contributed by atoms with Gasteiger partial charge in [0.05, 0.1) is 18.1 Å². The minimum Gasteiger partial charge on any atom is -0.478 e. The summed E-state index contributed by atoms with van der Waals surface area (Å²) in [7, 11) is 1.60. The number of para-hydroxylation sites is 2. The third-order valence-corrected chi connectivity index (χ3v) is 4.16. The number of anilines is 1. The van der Waals surface area contributed by atoms with Gasteiger partial charge in [-0.1, -0.05) is 12.1 Å². The normalized spacial score (nSPS) is 17.8. The van der Waals surface area contributed by atoms with Crippen molar-refractivity contribution in [2.45, 2.75) is 45.3 Å². The minimum absolute atomic E-state index is 0.00317. The van der Waals surface area contributed by atoms with Crippen LogP contribution in [0.5, 0.6) is 5.88 Å². The second kappa shape index (κ2) is 7.35. The van der Waals surface area contributed by atoms with Gasteiger partial charge in [0, 0.05) is 19.1 Å². The summed E-state index contributed by atoms with van der Waals surface area (Å²) in [5.41, 5.74) is 1.12. The van der Waals surface area contributed by atoms with Crippen LogP contribution in [0.2, 0.25) is 0 Å². The van der Waals surface area contributed by atoms with E-state index in [9.17, 15) is 4.79 Å². The van der Waals surface area contributed by atoms with E-state index < -0.39 is 5.60 Å². The van der Waals surface area contributed by atoms with Crippen molar-refractivity contribution in [3.05, 3.63) is 24.3 Å². The number of amides is 1. The average molecular weight is 358 g/mol. The third-order valence-electron chi connectivity index (χ3n) is 4.16. The van der Waals surface area contributed by atoms with E-state index in [1.54, 1.807) is 7.11 Å². The Kier molecular flexibility index (Phi) is 5.15. The van der Waals surface area contributed by atoms with Gasteiger partial charge in [-0.3, -0.25) is 0 Å². The lowest BCUT2D eigenvalue weighted by molar-refractivity contribution is 0.0500.